The number of urea groups is 1. The van der Waals surface area contributed by atoms with E-state index in [1.54, 1.807) is 12.0 Å². The highest BCUT2D eigenvalue weighted by Crippen LogP contribution is 2.24. The number of amides is 2. The number of morpholine rings is 1. The quantitative estimate of drug-likeness (QED) is 0.946. The van der Waals surface area contributed by atoms with Crippen LogP contribution in [0.1, 0.15) is 11.7 Å². The monoisotopic (exact) mass is 312 g/mol. The van der Waals surface area contributed by atoms with Crippen LogP contribution < -0.4 is 10.1 Å². The molecule has 1 saturated heterocycles. The first-order valence-electron chi connectivity index (χ1n) is 7.63. The Kier molecular flexibility index (Phi) is 4.78. The molecule has 0 bridgehead atoms. The smallest absolute Gasteiger partial charge is 0.322 e. The molecule has 1 aliphatic heterocycles. The van der Waals surface area contributed by atoms with Crippen molar-refractivity contribution in [2.24, 2.45) is 0 Å². The number of hydrogen-bond acceptors (Lipinski definition) is 3. The van der Waals surface area contributed by atoms with Gasteiger partial charge in [0, 0.05) is 12.2 Å². The van der Waals surface area contributed by atoms with Crippen molar-refractivity contribution in [2.45, 2.75) is 6.10 Å². The van der Waals surface area contributed by atoms with E-state index in [-0.39, 0.29) is 12.1 Å². The van der Waals surface area contributed by atoms with Gasteiger partial charge in [-0.15, -0.1) is 0 Å². The maximum Gasteiger partial charge on any atom is 0.322 e. The van der Waals surface area contributed by atoms with Crippen LogP contribution in [0, 0.1) is 0 Å². The van der Waals surface area contributed by atoms with Crippen LogP contribution >= 0.6 is 0 Å². The summed E-state index contributed by atoms with van der Waals surface area (Å²) in [4.78, 5) is 14.2. The van der Waals surface area contributed by atoms with E-state index in [4.69, 9.17) is 9.47 Å². The average molecular weight is 312 g/mol. The summed E-state index contributed by atoms with van der Waals surface area (Å²) in [5.74, 6) is 0.809. The highest BCUT2D eigenvalue weighted by Gasteiger charge is 2.25. The second-order valence-corrected chi connectivity index (χ2v) is 5.37. The molecule has 0 saturated carbocycles. The zero-order valence-corrected chi connectivity index (χ0v) is 13.1. The van der Waals surface area contributed by atoms with E-state index in [1.807, 2.05) is 54.6 Å². The Balaban J connectivity index is 1.64. The summed E-state index contributed by atoms with van der Waals surface area (Å²) in [7, 11) is 1.64. The molecule has 1 N–H and O–H groups in total. The molecular weight excluding hydrogens is 292 g/mol. The van der Waals surface area contributed by atoms with Gasteiger partial charge in [-0.05, 0) is 29.8 Å². The molecule has 120 valence electrons. The molecule has 3 rings (SSSR count). The molecule has 5 nitrogen and oxygen atoms in total. The van der Waals surface area contributed by atoms with Crippen molar-refractivity contribution in [1.82, 2.24) is 4.90 Å². The molecule has 1 aliphatic rings. The van der Waals surface area contributed by atoms with Crippen LogP contribution in [0.2, 0.25) is 0 Å². The molecule has 0 radical (unpaired) electrons. The molecule has 0 spiro atoms. The summed E-state index contributed by atoms with van der Waals surface area (Å²) in [6.45, 7) is 1.65. The molecule has 5 heteroatoms. The molecule has 0 aromatic heterocycles. The molecular formula is C18H20N2O3. The van der Waals surface area contributed by atoms with Gasteiger partial charge >= 0.3 is 6.03 Å². The van der Waals surface area contributed by atoms with Gasteiger partial charge in [0.15, 0.2) is 0 Å². The van der Waals surface area contributed by atoms with Crippen LogP contribution in [0.25, 0.3) is 0 Å². The SMILES string of the molecule is COc1ccc(C2CN(C(=O)Nc3ccccc3)CCO2)cc1. The third-order valence-corrected chi connectivity index (χ3v) is 3.87. The highest BCUT2D eigenvalue weighted by atomic mass is 16.5. The Morgan fingerprint density at radius 1 is 1.17 bits per heavy atom. The van der Waals surface area contributed by atoms with E-state index >= 15 is 0 Å². The Bertz CT molecular complexity index is 643. The van der Waals surface area contributed by atoms with E-state index in [0.29, 0.717) is 19.7 Å². The van der Waals surface area contributed by atoms with Crippen molar-refractivity contribution < 1.29 is 14.3 Å². The molecule has 23 heavy (non-hydrogen) atoms. The van der Waals surface area contributed by atoms with Crippen molar-refractivity contribution in [3.05, 3.63) is 60.2 Å². The number of nitrogens with zero attached hydrogens (tertiary/aromatic N) is 1. The number of methoxy groups -OCH3 is 1. The molecule has 2 amide bonds. The fourth-order valence-electron chi connectivity index (χ4n) is 2.58. The lowest BCUT2D eigenvalue weighted by atomic mass is 10.1. The minimum Gasteiger partial charge on any atom is -0.497 e. The second-order valence-electron chi connectivity index (χ2n) is 5.37. The van der Waals surface area contributed by atoms with E-state index in [2.05, 4.69) is 5.32 Å². The van der Waals surface area contributed by atoms with Gasteiger partial charge in [0.05, 0.1) is 20.3 Å². The Hall–Kier alpha value is -2.53. The molecule has 2 aromatic rings. The summed E-state index contributed by atoms with van der Waals surface area (Å²) in [5.41, 5.74) is 1.84. The lowest BCUT2D eigenvalue weighted by Gasteiger charge is -2.33. The average Bonchev–Trinajstić information content (AvgIpc) is 2.63. The van der Waals surface area contributed by atoms with Crippen LogP contribution in [0.5, 0.6) is 5.75 Å². The zero-order chi connectivity index (χ0) is 16.1. The maximum atomic E-state index is 12.4. The standard InChI is InChI=1S/C18H20N2O3/c1-22-16-9-7-14(8-10-16)17-13-20(11-12-23-17)18(21)19-15-5-3-2-4-6-15/h2-10,17H,11-13H2,1H3,(H,19,21). The topological polar surface area (TPSA) is 50.8 Å². The number of ether oxygens (including phenoxy) is 2. The Morgan fingerprint density at radius 2 is 1.91 bits per heavy atom. The first kappa shape index (κ1) is 15.4. The summed E-state index contributed by atoms with van der Waals surface area (Å²) < 4.78 is 11.0. The fourth-order valence-corrected chi connectivity index (χ4v) is 2.58. The first-order chi connectivity index (χ1) is 11.3. The Labute approximate surface area is 135 Å². The maximum absolute atomic E-state index is 12.4. The Morgan fingerprint density at radius 3 is 2.61 bits per heavy atom. The van der Waals surface area contributed by atoms with Gasteiger partial charge in [0.25, 0.3) is 0 Å². The van der Waals surface area contributed by atoms with Gasteiger partial charge in [0.1, 0.15) is 11.9 Å². The fraction of sp³-hybridized carbons (Fsp3) is 0.278. The van der Waals surface area contributed by atoms with Crippen molar-refractivity contribution in [1.29, 1.82) is 0 Å². The van der Waals surface area contributed by atoms with Gasteiger partial charge < -0.3 is 19.7 Å². The number of para-hydroxylation sites is 1. The molecule has 1 unspecified atom stereocenters. The molecule has 1 heterocycles. The normalized spacial score (nSPS) is 17.6. The third-order valence-electron chi connectivity index (χ3n) is 3.87. The van der Waals surface area contributed by atoms with Gasteiger partial charge in [0.2, 0.25) is 0 Å². The second kappa shape index (κ2) is 7.15. The van der Waals surface area contributed by atoms with Crippen molar-refractivity contribution in [2.75, 3.05) is 32.1 Å². The van der Waals surface area contributed by atoms with Crippen molar-refractivity contribution >= 4 is 11.7 Å². The number of hydrogen-bond donors (Lipinski definition) is 1. The van der Waals surface area contributed by atoms with Crippen LogP contribution in [0.3, 0.4) is 0 Å². The summed E-state index contributed by atoms with van der Waals surface area (Å²) in [6, 6.07) is 17.1. The molecule has 0 aliphatic carbocycles. The molecule has 2 aromatic carbocycles. The number of anilines is 1. The summed E-state index contributed by atoms with van der Waals surface area (Å²) in [5, 5.41) is 2.91. The predicted molar refractivity (Wildman–Crippen MR) is 88.7 cm³/mol. The van der Waals surface area contributed by atoms with E-state index in [0.717, 1.165) is 17.0 Å². The van der Waals surface area contributed by atoms with Crippen molar-refractivity contribution in [3.8, 4) is 5.75 Å². The highest BCUT2D eigenvalue weighted by molar-refractivity contribution is 5.89. The number of carbonyl (C=O) groups excluding carboxylic acids is 1. The number of carbonyl (C=O) groups is 1. The molecule has 1 fully saturated rings. The van der Waals surface area contributed by atoms with Crippen LogP contribution in [-0.4, -0.2) is 37.7 Å². The number of nitrogens with one attached hydrogen (secondary N) is 1. The number of benzene rings is 2. The molecule has 1 atom stereocenters. The minimum absolute atomic E-state index is 0.0991. The van der Waals surface area contributed by atoms with Gasteiger partial charge in [-0.3, -0.25) is 0 Å². The number of rotatable bonds is 3. The van der Waals surface area contributed by atoms with Crippen LogP contribution in [0.4, 0.5) is 10.5 Å². The van der Waals surface area contributed by atoms with Crippen molar-refractivity contribution in [3.63, 3.8) is 0 Å². The van der Waals surface area contributed by atoms with Gasteiger partial charge in [-0.1, -0.05) is 30.3 Å². The lowest BCUT2D eigenvalue weighted by molar-refractivity contribution is -0.0135. The lowest BCUT2D eigenvalue weighted by Crippen LogP contribution is -2.44. The summed E-state index contributed by atoms with van der Waals surface area (Å²) in [6.07, 6.45) is -0.115. The van der Waals surface area contributed by atoms with Gasteiger partial charge in [-0.2, -0.15) is 0 Å². The van der Waals surface area contributed by atoms with E-state index < -0.39 is 0 Å². The van der Waals surface area contributed by atoms with Gasteiger partial charge in [-0.25, -0.2) is 4.79 Å². The third kappa shape index (κ3) is 3.81. The van der Waals surface area contributed by atoms with E-state index in [1.165, 1.54) is 0 Å². The van der Waals surface area contributed by atoms with Crippen LogP contribution in [-0.2, 0) is 4.74 Å². The predicted octanol–water partition coefficient (Wildman–Crippen LogP) is 3.30. The summed E-state index contributed by atoms with van der Waals surface area (Å²) >= 11 is 0. The van der Waals surface area contributed by atoms with E-state index in [9.17, 15) is 4.79 Å². The largest absolute Gasteiger partial charge is 0.497 e. The zero-order valence-electron chi connectivity index (χ0n) is 13.1. The van der Waals surface area contributed by atoms with Crippen LogP contribution in [0.15, 0.2) is 54.6 Å². The first-order valence-corrected chi connectivity index (χ1v) is 7.63. The minimum atomic E-state index is -0.115.